The van der Waals surface area contributed by atoms with Gasteiger partial charge in [0.05, 0.1) is 25.0 Å². The molecule has 1 aliphatic heterocycles. The van der Waals surface area contributed by atoms with E-state index in [1.54, 1.807) is 11.9 Å². The van der Waals surface area contributed by atoms with E-state index in [-0.39, 0.29) is 5.91 Å². The summed E-state index contributed by atoms with van der Waals surface area (Å²) in [4.78, 5) is 18.6. The average Bonchev–Trinajstić information content (AvgIpc) is 3.56. The lowest BCUT2D eigenvalue weighted by Crippen LogP contribution is -2.35. The van der Waals surface area contributed by atoms with Crippen LogP contribution in [0.3, 0.4) is 0 Å². The van der Waals surface area contributed by atoms with Crippen LogP contribution in [0.4, 0.5) is 5.82 Å². The molecule has 0 spiro atoms. The zero-order valence-electron chi connectivity index (χ0n) is 22.4. The number of nitrogens with zero attached hydrogens (tertiary/aromatic N) is 6. The van der Waals surface area contributed by atoms with E-state index in [1.807, 2.05) is 52.9 Å². The first-order valence-electron chi connectivity index (χ1n) is 13.2. The molecular formula is C30H34N8O. The number of amides is 1. The molecule has 0 saturated carbocycles. The number of aromatic nitrogens is 5. The summed E-state index contributed by atoms with van der Waals surface area (Å²) in [5.74, 6) is 0.491. The molecule has 9 heteroatoms. The van der Waals surface area contributed by atoms with Crippen LogP contribution in [0.5, 0.6) is 0 Å². The quantitative estimate of drug-likeness (QED) is 0.323. The van der Waals surface area contributed by atoms with Crippen LogP contribution in [-0.4, -0.2) is 55.3 Å². The summed E-state index contributed by atoms with van der Waals surface area (Å²) >= 11 is 0. The zero-order chi connectivity index (χ0) is 27.2. The van der Waals surface area contributed by atoms with Gasteiger partial charge in [-0.25, -0.2) is 9.50 Å². The van der Waals surface area contributed by atoms with Gasteiger partial charge in [0, 0.05) is 24.5 Å². The fourth-order valence-electron chi connectivity index (χ4n) is 4.91. The smallest absolute Gasteiger partial charge is 0.240 e. The van der Waals surface area contributed by atoms with E-state index in [2.05, 4.69) is 56.9 Å². The monoisotopic (exact) mass is 522 g/mol. The van der Waals surface area contributed by atoms with Crippen LogP contribution in [0.15, 0.2) is 79.0 Å². The number of nitrogen functional groups attached to an aromatic ring is 1. The Hall–Kier alpha value is -4.50. The van der Waals surface area contributed by atoms with Crippen molar-refractivity contribution >= 4 is 28.9 Å². The van der Waals surface area contributed by atoms with Crippen LogP contribution in [0.25, 0.3) is 17.2 Å². The van der Waals surface area contributed by atoms with E-state index in [4.69, 9.17) is 5.73 Å². The summed E-state index contributed by atoms with van der Waals surface area (Å²) in [7, 11) is 1.78. The molecule has 5 rings (SSSR count). The molecule has 0 radical (unpaired) electrons. The number of rotatable bonds is 9. The summed E-state index contributed by atoms with van der Waals surface area (Å²) in [6.45, 7) is 3.79. The van der Waals surface area contributed by atoms with Crippen molar-refractivity contribution in [2.45, 2.75) is 32.7 Å². The van der Waals surface area contributed by atoms with Crippen molar-refractivity contribution in [3.05, 3.63) is 101 Å². The van der Waals surface area contributed by atoms with Gasteiger partial charge >= 0.3 is 0 Å². The fraction of sp³-hybridized carbons (Fsp3) is 0.267. The van der Waals surface area contributed by atoms with Crippen LogP contribution in [-0.2, 0) is 17.8 Å². The number of fused-ring (bicyclic) bond motifs is 1. The van der Waals surface area contributed by atoms with E-state index < -0.39 is 0 Å². The molecule has 39 heavy (non-hydrogen) atoms. The maximum absolute atomic E-state index is 12.5. The maximum atomic E-state index is 12.5. The molecule has 0 aliphatic carbocycles. The molecule has 9 nitrogen and oxygen atoms in total. The molecule has 200 valence electrons. The first-order valence-corrected chi connectivity index (χ1v) is 13.2. The van der Waals surface area contributed by atoms with Gasteiger partial charge in [-0.15, -0.1) is 0 Å². The third kappa shape index (κ3) is 5.99. The normalized spacial score (nSPS) is 14.4. The molecule has 0 saturated heterocycles. The second-order valence-corrected chi connectivity index (χ2v) is 9.67. The Kier molecular flexibility index (Phi) is 7.98. The number of anilines is 1. The standard InChI is InChI=1S/C30H34N8O/c1-3-22(11-12-24-16-34-37(19-24)18-23-8-5-4-6-9-23)14-26-15-27(38-29(26)30(31)33-21-35-38)25-10-7-13-36(20-25)28(39)17-32-2/h3-6,8-9,11-12,15-16,19-21,32H,7,10,13-14,17-18H2,1-2H3,(H2,31,33,35)/b12-11-,22-3+. The lowest BCUT2D eigenvalue weighted by molar-refractivity contribution is -0.127. The minimum atomic E-state index is 0.0540. The van der Waals surface area contributed by atoms with Crippen molar-refractivity contribution in [3.8, 4) is 0 Å². The van der Waals surface area contributed by atoms with Gasteiger partial charge < -0.3 is 16.0 Å². The van der Waals surface area contributed by atoms with Gasteiger partial charge in [0.2, 0.25) is 5.91 Å². The number of nitrogens with two attached hydrogens (primary N) is 1. The van der Waals surface area contributed by atoms with E-state index >= 15 is 0 Å². The number of carbonyl (C=O) groups excluding carboxylic acids is 1. The molecule has 1 amide bonds. The third-order valence-electron chi connectivity index (χ3n) is 6.89. The zero-order valence-corrected chi connectivity index (χ0v) is 22.4. The van der Waals surface area contributed by atoms with Gasteiger partial charge in [0.1, 0.15) is 11.8 Å². The largest absolute Gasteiger partial charge is 0.382 e. The molecular weight excluding hydrogens is 488 g/mol. The predicted molar refractivity (Wildman–Crippen MR) is 155 cm³/mol. The third-order valence-corrected chi connectivity index (χ3v) is 6.89. The molecule has 4 aromatic rings. The Balaban J connectivity index is 1.38. The lowest BCUT2D eigenvalue weighted by atomic mass is 10.0. The molecule has 0 bridgehead atoms. The minimum Gasteiger partial charge on any atom is -0.382 e. The van der Waals surface area contributed by atoms with E-state index in [0.717, 1.165) is 52.9 Å². The van der Waals surface area contributed by atoms with Crippen LogP contribution in [0.1, 0.15) is 42.1 Å². The van der Waals surface area contributed by atoms with Crippen LogP contribution < -0.4 is 11.1 Å². The topological polar surface area (TPSA) is 106 Å². The van der Waals surface area contributed by atoms with Gasteiger partial charge in [-0.2, -0.15) is 10.2 Å². The molecule has 0 fully saturated rings. The number of nitrogens with one attached hydrogen (secondary N) is 1. The highest BCUT2D eigenvalue weighted by Gasteiger charge is 2.22. The molecule has 3 N–H and O–H groups in total. The number of hydrogen-bond donors (Lipinski definition) is 2. The molecule has 0 unspecified atom stereocenters. The SMILES string of the molecule is C/C=C(\C=C/c1cnn(Cc2ccccc2)c1)Cc1cc(C2=CN(C(=O)CNC)CCC2)n2ncnc(N)c12. The lowest BCUT2D eigenvalue weighted by Gasteiger charge is -2.25. The van der Waals surface area contributed by atoms with Gasteiger partial charge in [-0.05, 0) is 61.6 Å². The Morgan fingerprint density at radius 3 is 2.85 bits per heavy atom. The van der Waals surface area contributed by atoms with Gasteiger partial charge in [-0.1, -0.05) is 48.6 Å². The van der Waals surface area contributed by atoms with E-state index in [1.165, 1.54) is 11.9 Å². The van der Waals surface area contributed by atoms with Crippen molar-refractivity contribution in [2.75, 3.05) is 25.9 Å². The molecule has 3 aromatic heterocycles. The van der Waals surface area contributed by atoms with Crippen molar-refractivity contribution in [3.63, 3.8) is 0 Å². The Morgan fingerprint density at radius 1 is 1.21 bits per heavy atom. The minimum absolute atomic E-state index is 0.0540. The number of hydrogen-bond acceptors (Lipinski definition) is 6. The first-order chi connectivity index (χ1) is 19.1. The second kappa shape index (κ2) is 11.9. The van der Waals surface area contributed by atoms with Crippen LogP contribution in [0, 0.1) is 0 Å². The fourth-order valence-corrected chi connectivity index (χ4v) is 4.91. The van der Waals surface area contributed by atoms with Crippen LogP contribution >= 0.6 is 0 Å². The summed E-state index contributed by atoms with van der Waals surface area (Å²) in [5, 5.41) is 12.0. The first kappa shape index (κ1) is 26.1. The number of allylic oxidation sites excluding steroid dienone is 4. The van der Waals surface area contributed by atoms with Gasteiger partial charge in [-0.3, -0.25) is 9.48 Å². The van der Waals surface area contributed by atoms with Crippen molar-refractivity contribution in [1.29, 1.82) is 0 Å². The average molecular weight is 523 g/mol. The second-order valence-electron chi connectivity index (χ2n) is 9.67. The number of carbonyl (C=O) groups is 1. The Bertz CT molecular complexity index is 1540. The highest BCUT2D eigenvalue weighted by Crippen LogP contribution is 2.31. The van der Waals surface area contributed by atoms with Gasteiger partial charge in [0.15, 0.2) is 5.82 Å². The molecule has 0 atom stereocenters. The highest BCUT2D eigenvalue weighted by molar-refractivity contribution is 5.83. The number of benzene rings is 1. The Labute approximate surface area is 228 Å². The molecule has 4 heterocycles. The highest BCUT2D eigenvalue weighted by atomic mass is 16.2. The van der Waals surface area contributed by atoms with Crippen molar-refractivity contribution < 1.29 is 4.79 Å². The van der Waals surface area contributed by atoms with Crippen LogP contribution in [0.2, 0.25) is 0 Å². The summed E-state index contributed by atoms with van der Waals surface area (Å²) in [5.41, 5.74) is 13.6. The van der Waals surface area contributed by atoms with Crippen molar-refractivity contribution in [1.82, 2.24) is 34.6 Å². The van der Waals surface area contributed by atoms with Gasteiger partial charge in [0.25, 0.3) is 0 Å². The van der Waals surface area contributed by atoms with Crippen molar-refractivity contribution in [2.24, 2.45) is 0 Å². The van der Waals surface area contributed by atoms with E-state index in [9.17, 15) is 4.79 Å². The predicted octanol–water partition coefficient (Wildman–Crippen LogP) is 3.94. The Morgan fingerprint density at radius 2 is 2.05 bits per heavy atom. The molecule has 1 aliphatic rings. The van der Waals surface area contributed by atoms with E-state index in [0.29, 0.717) is 25.3 Å². The molecule has 1 aromatic carbocycles. The summed E-state index contributed by atoms with van der Waals surface area (Å²) < 4.78 is 3.80. The maximum Gasteiger partial charge on any atom is 0.240 e. The number of likely N-dealkylation sites (N-methyl/N-ethyl adjacent to an activating group) is 1. The summed E-state index contributed by atoms with van der Waals surface area (Å²) in [6.07, 6.45) is 16.1. The summed E-state index contributed by atoms with van der Waals surface area (Å²) in [6, 6.07) is 12.4.